The minimum atomic E-state index is -3.68. The number of hydrogen-bond acceptors (Lipinski definition) is 5. The summed E-state index contributed by atoms with van der Waals surface area (Å²) in [6.07, 6.45) is 3.27. The van der Waals surface area contributed by atoms with Crippen LogP contribution in [0.25, 0.3) is 0 Å². The predicted molar refractivity (Wildman–Crippen MR) is 127 cm³/mol. The summed E-state index contributed by atoms with van der Waals surface area (Å²) in [5, 5.41) is 3.32. The number of fused-ring (bicyclic) bond motifs is 2. The zero-order valence-electron chi connectivity index (χ0n) is 19.3. The molecule has 1 saturated carbocycles. The highest BCUT2D eigenvalue weighted by molar-refractivity contribution is 7.89. The molecule has 0 spiro atoms. The number of ether oxygens (including phenoxy) is 1. The van der Waals surface area contributed by atoms with Gasteiger partial charge in [0.2, 0.25) is 10.0 Å². The van der Waals surface area contributed by atoms with Crippen LogP contribution in [0.1, 0.15) is 56.0 Å². The van der Waals surface area contributed by atoms with Crippen LogP contribution in [0.3, 0.4) is 0 Å². The Balaban J connectivity index is 1.51. The van der Waals surface area contributed by atoms with E-state index in [-0.39, 0.29) is 21.6 Å². The first kappa shape index (κ1) is 23.6. The second kappa shape index (κ2) is 8.34. The summed E-state index contributed by atoms with van der Waals surface area (Å²) in [5.41, 5.74) is 1.49. The third-order valence-electron chi connectivity index (χ3n) is 6.96. The molecule has 176 valence electrons. The molecule has 0 unspecified atom stereocenters. The van der Waals surface area contributed by atoms with Gasteiger partial charge in [0.05, 0.1) is 18.1 Å². The van der Waals surface area contributed by atoms with E-state index in [9.17, 15) is 13.2 Å². The van der Waals surface area contributed by atoms with Crippen molar-refractivity contribution in [2.75, 3.05) is 32.8 Å². The van der Waals surface area contributed by atoms with Gasteiger partial charge < -0.3 is 9.64 Å². The third-order valence-corrected chi connectivity index (χ3v) is 9.19. The predicted octanol–water partition coefficient (Wildman–Crippen LogP) is 2.93. The van der Waals surface area contributed by atoms with Crippen LogP contribution in [0.4, 0.5) is 0 Å². The molecule has 2 bridgehead atoms. The van der Waals surface area contributed by atoms with Crippen molar-refractivity contribution in [3.05, 3.63) is 29.3 Å². The molecule has 0 radical (unpaired) electrons. The van der Waals surface area contributed by atoms with Gasteiger partial charge in [-0.2, -0.15) is 4.31 Å². The molecule has 1 N–H and O–H groups in total. The maximum atomic E-state index is 13.1. The molecule has 2 atom stereocenters. The molecule has 4 rings (SSSR count). The number of morpholine rings is 1. The number of carbonyl (C=O) groups excluding carboxylic acids is 1. The van der Waals surface area contributed by atoms with E-state index >= 15 is 0 Å². The Labute approximate surface area is 196 Å². The van der Waals surface area contributed by atoms with Crippen molar-refractivity contribution < 1.29 is 17.9 Å². The summed E-state index contributed by atoms with van der Waals surface area (Å²) in [4.78, 5) is 15.4. The second-order valence-electron chi connectivity index (χ2n) is 10.6. The highest BCUT2D eigenvalue weighted by atomic mass is 32.2. The monoisotopic (exact) mass is 479 g/mol. The smallest absolute Gasteiger partial charge is 0.257 e. The summed E-state index contributed by atoms with van der Waals surface area (Å²) in [6.45, 7) is 10.9. The number of nitrogens with zero attached hydrogens (tertiary/aromatic N) is 2. The van der Waals surface area contributed by atoms with E-state index in [1.54, 1.807) is 19.1 Å². The van der Waals surface area contributed by atoms with Crippen LogP contribution in [0, 0.1) is 17.8 Å². The fourth-order valence-electron chi connectivity index (χ4n) is 5.88. The Morgan fingerprint density at radius 1 is 1.19 bits per heavy atom. The summed E-state index contributed by atoms with van der Waals surface area (Å²) >= 11 is 5.64. The molecule has 1 aliphatic carbocycles. The SMILES string of the molecule is Cc1ccc(S(=O)(=O)N2CCOCC2)cc1C(=O)NC(=S)N1C[C@@]2(C)C[C@H]1CC(C)(C)C2. The number of sulfonamides is 1. The third kappa shape index (κ3) is 4.58. The molecule has 1 aromatic carbocycles. The molecule has 7 nitrogen and oxygen atoms in total. The number of hydrogen-bond donors (Lipinski definition) is 1. The Kier molecular flexibility index (Phi) is 6.15. The number of nitrogens with one attached hydrogen (secondary N) is 1. The molecular weight excluding hydrogens is 446 g/mol. The molecule has 3 fully saturated rings. The van der Waals surface area contributed by atoms with Crippen LogP contribution >= 0.6 is 12.2 Å². The maximum Gasteiger partial charge on any atom is 0.257 e. The van der Waals surface area contributed by atoms with Crippen LogP contribution < -0.4 is 5.32 Å². The average Bonchev–Trinajstić information content (AvgIpc) is 2.97. The molecule has 2 aliphatic heterocycles. The van der Waals surface area contributed by atoms with E-state index in [2.05, 4.69) is 31.0 Å². The summed E-state index contributed by atoms with van der Waals surface area (Å²) in [5.74, 6) is -0.364. The van der Waals surface area contributed by atoms with Gasteiger partial charge in [-0.05, 0) is 66.9 Å². The standard InChI is InChI=1S/C23H33N3O4S2/c1-16-5-6-18(32(28,29)25-7-9-30-10-8-25)11-19(16)20(27)24-21(31)26-15-23(4)13-17(26)12-22(2,3)14-23/h5-6,11,17H,7-10,12-15H2,1-4H3,(H,24,27,31)/t17-,23+/m1/s1. The van der Waals surface area contributed by atoms with Crippen LogP contribution in [0.15, 0.2) is 23.1 Å². The van der Waals surface area contributed by atoms with Crippen molar-refractivity contribution in [1.29, 1.82) is 0 Å². The van der Waals surface area contributed by atoms with Crippen LogP contribution in [-0.4, -0.2) is 67.5 Å². The molecule has 0 aromatic heterocycles. The number of thiocarbonyl (C=S) groups is 1. The van der Waals surface area contributed by atoms with Gasteiger partial charge in [0.1, 0.15) is 0 Å². The number of likely N-dealkylation sites (tertiary alicyclic amines) is 1. The highest BCUT2D eigenvalue weighted by Crippen LogP contribution is 2.52. The highest BCUT2D eigenvalue weighted by Gasteiger charge is 2.50. The van der Waals surface area contributed by atoms with Crippen LogP contribution in [0.2, 0.25) is 0 Å². The van der Waals surface area contributed by atoms with Gasteiger partial charge in [-0.15, -0.1) is 0 Å². The lowest BCUT2D eigenvalue weighted by molar-refractivity contribution is 0.0730. The zero-order valence-corrected chi connectivity index (χ0v) is 20.9. The maximum absolute atomic E-state index is 13.1. The first-order chi connectivity index (χ1) is 14.9. The van der Waals surface area contributed by atoms with Gasteiger partial charge >= 0.3 is 0 Å². The largest absolute Gasteiger partial charge is 0.379 e. The van der Waals surface area contributed by atoms with Crippen molar-refractivity contribution >= 4 is 33.3 Å². The lowest BCUT2D eigenvalue weighted by Crippen LogP contribution is -2.45. The Morgan fingerprint density at radius 2 is 1.88 bits per heavy atom. The van der Waals surface area contributed by atoms with Crippen molar-refractivity contribution in [1.82, 2.24) is 14.5 Å². The molecule has 2 saturated heterocycles. The second-order valence-corrected chi connectivity index (χ2v) is 12.9. The quantitative estimate of drug-likeness (QED) is 0.672. The fraction of sp³-hybridized carbons (Fsp3) is 0.652. The molecule has 1 aromatic rings. The Morgan fingerprint density at radius 3 is 2.56 bits per heavy atom. The molecule has 3 aliphatic rings. The minimum Gasteiger partial charge on any atom is -0.379 e. The zero-order chi connectivity index (χ0) is 23.3. The minimum absolute atomic E-state index is 0.118. The van der Waals surface area contributed by atoms with Crippen LogP contribution in [-0.2, 0) is 14.8 Å². The van der Waals surface area contributed by atoms with E-state index in [4.69, 9.17) is 17.0 Å². The topological polar surface area (TPSA) is 78.9 Å². The van der Waals surface area contributed by atoms with E-state index in [1.165, 1.54) is 10.4 Å². The van der Waals surface area contributed by atoms with E-state index in [0.717, 1.165) is 25.8 Å². The average molecular weight is 480 g/mol. The summed E-state index contributed by atoms with van der Waals surface area (Å²) in [6, 6.07) is 5.02. The summed E-state index contributed by atoms with van der Waals surface area (Å²) in [7, 11) is -3.68. The number of carbonyl (C=O) groups is 1. The lowest BCUT2D eigenvalue weighted by atomic mass is 9.65. The molecule has 9 heteroatoms. The van der Waals surface area contributed by atoms with E-state index in [1.807, 2.05) is 0 Å². The van der Waals surface area contributed by atoms with Gasteiger partial charge in [-0.25, -0.2) is 8.42 Å². The van der Waals surface area contributed by atoms with Crippen molar-refractivity contribution in [2.45, 2.75) is 57.9 Å². The lowest BCUT2D eigenvalue weighted by Gasteiger charge is -2.39. The molecule has 1 amide bonds. The first-order valence-corrected chi connectivity index (χ1v) is 13.1. The number of rotatable bonds is 3. The Hall–Kier alpha value is -1.55. The van der Waals surface area contributed by atoms with Gasteiger partial charge in [0.15, 0.2) is 5.11 Å². The normalized spacial score (nSPS) is 27.9. The van der Waals surface area contributed by atoms with Crippen molar-refractivity contribution in [3.63, 3.8) is 0 Å². The Bertz CT molecular complexity index is 1030. The number of amides is 1. The van der Waals surface area contributed by atoms with Gasteiger partial charge in [0, 0.05) is 31.2 Å². The molecular formula is C23H33N3O4S2. The van der Waals surface area contributed by atoms with Crippen LogP contribution in [0.5, 0.6) is 0 Å². The van der Waals surface area contributed by atoms with Gasteiger partial charge in [-0.1, -0.05) is 26.8 Å². The van der Waals surface area contributed by atoms with E-state index in [0.29, 0.717) is 48.6 Å². The van der Waals surface area contributed by atoms with Gasteiger partial charge in [-0.3, -0.25) is 10.1 Å². The van der Waals surface area contributed by atoms with Crippen molar-refractivity contribution in [2.24, 2.45) is 10.8 Å². The first-order valence-electron chi connectivity index (χ1n) is 11.2. The van der Waals surface area contributed by atoms with E-state index < -0.39 is 10.0 Å². The number of benzene rings is 1. The molecule has 32 heavy (non-hydrogen) atoms. The van der Waals surface area contributed by atoms with Crippen molar-refractivity contribution in [3.8, 4) is 0 Å². The number of aryl methyl sites for hydroxylation is 1. The fourth-order valence-corrected chi connectivity index (χ4v) is 7.62. The van der Waals surface area contributed by atoms with Gasteiger partial charge in [0.25, 0.3) is 5.91 Å². The summed E-state index contributed by atoms with van der Waals surface area (Å²) < 4.78 is 32.7. The molecule has 2 heterocycles.